The van der Waals surface area contributed by atoms with Gasteiger partial charge in [0, 0.05) is 10.6 Å². The molecule has 1 rings (SSSR count). The van der Waals surface area contributed by atoms with E-state index in [0.717, 1.165) is 15.0 Å². The molecule has 0 saturated carbocycles. The zero-order valence-corrected chi connectivity index (χ0v) is 8.02. The van der Waals surface area contributed by atoms with Crippen LogP contribution in [0.2, 0.25) is 4.34 Å². The quantitative estimate of drug-likeness (QED) is 0.577. The first kappa shape index (κ1) is 8.90. The number of thioether (sulfide) groups is 1. The number of rotatable bonds is 2. The molecule has 1 heterocycles. The molecule has 0 spiro atoms. The Balaban J connectivity index is 2.45. The predicted molar refractivity (Wildman–Crippen MR) is 52.5 cm³/mol. The highest BCUT2D eigenvalue weighted by Crippen LogP contribution is 2.24. The van der Waals surface area contributed by atoms with Gasteiger partial charge in [0.05, 0.1) is 4.34 Å². The summed E-state index contributed by atoms with van der Waals surface area (Å²) >= 11 is 8.53. The van der Waals surface area contributed by atoms with Crippen molar-refractivity contribution in [3.05, 3.63) is 21.3 Å². The Morgan fingerprint density at radius 1 is 1.73 bits per heavy atom. The molecule has 0 unspecified atom stereocenters. The molecule has 0 atom stereocenters. The lowest BCUT2D eigenvalue weighted by molar-refractivity contribution is 1.49. The van der Waals surface area contributed by atoms with Gasteiger partial charge in [-0.15, -0.1) is 11.3 Å². The van der Waals surface area contributed by atoms with Gasteiger partial charge < -0.3 is 5.73 Å². The molecule has 0 aromatic carbocycles. The molecule has 0 saturated heterocycles. The third kappa shape index (κ3) is 3.14. The first-order valence-electron chi connectivity index (χ1n) is 2.89. The van der Waals surface area contributed by atoms with Gasteiger partial charge in [0.15, 0.2) is 5.17 Å². The molecule has 0 radical (unpaired) electrons. The SMILES string of the molecule is N=C(N)SCc1ccc(Cl)s1. The van der Waals surface area contributed by atoms with Crippen molar-refractivity contribution in [2.75, 3.05) is 0 Å². The number of thiophene rings is 1. The Hall–Kier alpha value is -0.190. The van der Waals surface area contributed by atoms with E-state index in [0.29, 0.717) is 0 Å². The van der Waals surface area contributed by atoms with Crippen molar-refractivity contribution in [2.45, 2.75) is 5.75 Å². The zero-order valence-electron chi connectivity index (χ0n) is 5.63. The third-order valence-electron chi connectivity index (χ3n) is 0.999. The van der Waals surface area contributed by atoms with Gasteiger partial charge in [0.25, 0.3) is 0 Å². The summed E-state index contributed by atoms with van der Waals surface area (Å²) in [6, 6.07) is 3.80. The minimum absolute atomic E-state index is 0.148. The maximum absolute atomic E-state index is 6.96. The molecular weight excluding hydrogens is 200 g/mol. The van der Waals surface area contributed by atoms with Crippen LogP contribution in [0.1, 0.15) is 4.88 Å². The molecule has 0 aliphatic carbocycles. The van der Waals surface area contributed by atoms with E-state index in [9.17, 15) is 0 Å². The van der Waals surface area contributed by atoms with Gasteiger partial charge in [-0.3, -0.25) is 5.41 Å². The van der Waals surface area contributed by atoms with E-state index < -0.39 is 0 Å². The standard InChI is InChI=1S/C6H7ClN2S2/c7-5-2-1-4(11-5)3-10-6(8)9/h1-2H,3H2,(H3,8,9). The third-order valence-corrected chi connectivity index (χ3v) is 3.18. The average Bonchev–Trinajstić information content (AvgIpc) is 2.31. The van der Waals surface area contributed by atoms with Crippen molar-refractivity contribution < 1.29 is 0 Å². The second-order valence-corrected chi connectivity index (χ2v) is 4.68. The van der Waals surface area contributed by atoms with Crippen LogP contribution in [0.15, 0.2) is 12.1 Å². The summed E-state index contributed by atoms with van der Waals surface area (Å²) < 4.78 is 0.782. The van der Waals surface area contributed by atoms with E-state index in [1.807, 2.05) is 12.1 Å². The minimum Gasteiger partial charge on any atom is -0.379 e. The lowest BCUT2D eigenvalue weighted by Crippen LogP contribution is -2.03. The summed E-state index contributed by atoms with van der Waals surface area (Å²) in [5, 5.41) is 7.11. The molecule has 0 fully saturated rings. The number of nitrogens with one attached hydrogen (secondary N) is 1. The average molecular weight is 207 g/mol. The fraction of sp³-hybridized carbons (Fsp3) is 0.167. The Labute approximate surface area is 78.3 Å². The number of hydrogen-bond donors (Lipinski definition) is 2. The zero-order chi connectivity index (χ0) is 8.27. The Bertz CT molecular complexity index is 259. The van der Waals surface area contributed by atoms with Gasteiger partial charge in [-0.2, -0.15) is 0 Å². The van der Waals surface area contributed by atoms with Crippen LogP contribution < -0.4 is 5.73 Å². The Morgan fingerprint density at radius 3 is 2.91 bits per heavy atom. The molecule has 0 amide bonds. The highest BCUT2D eigenvalue weighted by molar-refractivity contribution is 8.13. The van der Waals surface area contributed by atoms with Crippen molar-refractivity contribution in [2.24, 2.45) is 5.73 Å². The molecule has 0 aliphatic rings. The Kier molecular flexibility index (Phi) is 3.23. The summed E-state index contributed by atoms with van der Waals surface area (Å²) in [5.74, 6) is 0.743. The summed E-state index contributed by atoms with van der Waals surface area (Å²) in [6.07, 6.45) is 0. The first-order chi connectivity index (χ1) is 5.18. The van der Waals surface area contributed by atoms with Crippen molar-refractivity contribution in [3.63, 3.8) is 0 Å². The monoisotopic (exact) mass is 206 g/mol. The Morgan fingerprint density at radius 2 is 2.45 bits per heavy atom. The molecule has 2 nitrogen and oxygen atoms in total. The molecule has 5 heteroatoms. The van der Waals surface area contributed by atoms with E-state index in [4.69, 9.17) is 22.7 Å². The van der Waals surface area contributed by atoms with Crippen LogP contribution in [0.5, 0.6) is 0 Å². The van der Waals surface area contributed by atoms with Crippen LogP contribution in [0.4, 0.5) is 0 Å². The van der Waals surface area contributed by atoms with E-state index >= 15 is 0 Å². The largest absolute Gasteiger partial charge is 0.379 e. The van der Waals surface area contributed by atoms with Crippen LogP contribution in [-0.2, 0) is 5.75 Å². The van der Waals surface area contributed by atoms with Crippen molar-refractivity contribution in [1.82, 2.24) is 0 Å². The van der Waals surface area contributed by atoms with E-state index in [1.165, 1.54) is 23.1 Å². The van der Waals surface area contributed by atoms with Crippen LogP contribution in [0.25, 0.3) is 0 Å². The van der Waals surface area contributed by atoms with Gasteiger partial charge in [-0.1, -0.05) is 23.4 Å². The number of hydrogen-bond acceptors (Lipinski definition) is 3. The summed E-state index contributed by atoms with van der Waals surface area (Å²) in [7, 11) is 0. The van der Waals surface area contributed by atoms with Crippen molar-refractivity contribution >= 4 is 39.9 Å². The highest BCUT2D eigenvalue weighted by atomic mass is 35.5. The predicted octanol–water partition coefficient (Wildman–Crippen LogP) is 2.53. The molecule has 60 valence electrons. The topological polar surface area (TPSA) is 49.9 Å². The number of halogens is 1. The fourth-order valence-corrected chi connectivity index (χ4v) is 2.27. The van der Waals surface area contributed by atoms with Gasteiger partial charge in [-0.05, 0) is 12.1 Å². The highest BCUT2D eigenvalue weighted by Gasteiger charge is 1.98. The van der Waals surface area contributed by atoms with E-state index in [1.54, 1.807) is 0 Å². The number of amidine groups is 1. The van der Waals surface area contributed by atoms with Crippen LogP contribution in [0, 0.1) is 5.41 Å². The van der Waals surface area contributed by atoms with Gasteiger partial charge in [-0.25, -0.2) is 0 Å². The number of nitrogens with two attached hydrogens (primary N) is 1. The fourth-order valence-electron chi connectivity index (χ4n) is 0.578. The summed E-state index contributed by atoms with van der Waals surface area (Å²) in [6.45, 7) is 0. The second-order valence-electron chi connectivity index (χ2n) is 1.86. The second kappa shape index (κ2) is 3.99. The van der Waals surface area contributed by atoms with Crippen molar-refractivity contribution in [3.8, 4) is 0 Å². The molecule has 11 heavy (non-hydrogen) atoms. The minimum atomic E-state index is 0.148. The molecule has 1 aromatic rings. The van der Waals surface area contributed by atoms with Gasteiger partial charge in [0.2, 0.25) is 0 Å². The van der Waals surface area contributed by atoms with Crippen LogP contribution in [-0.4, -0.2) is 5.17 Å². The lowest BCUT2D eigenvalue weighted by atomic mass is 10.5. The molecule has 3 N–H and O–H groups in total. The summed E-state index contributed by atoms with van der Waals surface area (Å²) in [5.41, 5.74) is 5.16. The smallest absolute Gasteiger partial charge is 0.151 e. The van der Waals surface area contributed by atoms with E-state index in [-0.39, 0.29) is 5.17 Å². The maximum Gasteiger partial charge on any atom is 0.151 e. The van der Waals surface area contributed by atoms with Gasteiger partial charge >= 0.3 is 0 Å². The van der Waals surface area contributed by atoms with Gasteiger partial charge in [0.1, 0.15) is 0 Å². The van der Waals surface area contributed by atoms with E-state index in [2.05, 4.69) is 0 Å². The molecular formula is C6H7ClN2S2. The lowest BCUT2D eigenvalue weighted by Gasteiger charge is -1.93. The maximum atomic E-state index is 6.96. The normalized spacial score (nSPS) is 9.91. The summed E-state index contributed by atoms with van der Waals surface area (Å²) in [4.78, 5) is 1.15. The molecule has 0 aliphatic heterocycles. The first-order valence-corrected chi connectivity index (χ1v) is 5.07. The molecule has 0 bridgehead atoms. The van der Waals surface area contributed by atoms with Crippen molar-refractivity contribution in [1.29, 1.82) is 5.41 Å². The molecule has 1 aromatic heterocycles. The van der Waals surface area contributed by atoms with Crippen LogP contribution in [0.3, 0.4) is 0 Å². The van der Waals surface area contributed by atoms with Crippen LogP contribution >= 0.6 is 34.7 Å².